The summed E-state index contributed by atoms with van der Waals surface area (Å²) in [6.07, 6.45) is 1.26. The Hall–Kier alpha value is -1.71. The van der Waals surface area contributed by atoms with Crippen LogP contribution in [0.15, 0.2) is 24.3 Å². The van der Waals surface area contributed by atoms with Crippen LogP contribution in [0.4, 0.5) is 4.39 Å². The van der Waals surface area contributed by atoms with Crippen molar-refractivity contribution in [3.8, 4) is 5.75 Å². The molecule has 1 saturated heterocycles. The summed E-state index contributed by atoms with van der Waals surface area (Å²) in [6.45, 7) is -0.0979. The zero-order chi connectivity index (χ0) is 17.1. The van der Waals surface area contributed by atoms with Crippen LogP contribution < -0.4 is 9.46 Å². The highest BCUT2D eigenvalue weighted by Crippen LogP contribution is 2.23. The predicted octanol–water partition coefficient (Wildman–Crippen LogP) is -0.283. The molecule has 1 unspecified atom stereocenters. The van der Waals surface area contributed by atoms with E-state index in [0.717, 1.165) is 6.26 Å². The molecule has 1 aliphatic heterocycles. The Labute approximate surface area is 134 Å². The third-order valence-electron chi connectivity index (χ3n) is 3.47. The Balaban J connectivity index is 1.86. The molecule has 1 amide bonds. The highest BCUT2D eigenvalue weighted by atomic mass is 32.2. The van der Waals surface area contributed by atoms with Gasteiger partial charge in [0.15, 0.2) is 0 Å². The van der Waals surface area contributed by atoms with E-state index in [1.807, 2.05) is 0 Å². The molecule has 1 aromatic rings. The van der Waals surface area contributed by atoms with E-state index in [2.05, 4.69) is 4.72 Å². The second kappa shape index (κ2) is 6.81. The number of hydrogen-bond donors (Lipinski definition) is 2. The first-order chi connectivity index (χ1) is 10.7. The van der Waals surface area contributed by atoms with E-state index in [1.165, 1.54) is 23.1 Å². The first-order valence-electron chi connectivity index (χ1n) is 7.00. The zero-order valence-electron chi connectivity index (χ0n) is 12.7. The lowest BCUT2D eigenvalue weighted by Gasteiger charge is -2.23. The van der Waals surface area contributed by atoms with Crippen LogP contribution >= 0.6 is 0 Å². The van der Waals surface area contributed by atoms with Crippen molar-refractivity contribution in [2.24, 2.45) is 0 Å². The van der Waals surface area contributed by atoms with Crippen molar-refractivity contribution in [1.29, 1.82) is 0 Å². The molecular weight excluding hydrogens is 327 g/mol. The highest BCUT2D eigenvalue weighted by Gasteiger charge is 2.39. The zero-order valence-corrected chi connectivity index (χ0v) is 13.5. The lowest BCUT2D eigenvalue weighted by Crippen LogP contribution is -2.43. The highest BCUT2D eigenvalue weighted by molar-refractivity contribution is 7.88. The molecule has 2 N–H and O–H groups in total. The fraction of sp³-hybridized carbons (Fsp3) is 0.500. The molecule has 1 aromatic carbocycles. The number of carbonyl (C=O) groups excluding carboxylic acids is 1. The number of carbonyl (C=O) groups is 1. The van der Waals surface area contributed by atoms with Gasteiger partial charge >= 0.3 is 0 Å². The van der Waals surface area contributed by atoms with E-state index < -0.39 is 27.3 Å². The van der Waals surface area contributed by atoms with Crippen LogP contribution in [0.2, 0.25) is 0 Å². The van der Waals surface area contributed by atoms with E-state index in [1.54, 1.807) is 6.07 Å². The maximum atomic E-state index is 13.1. The molecule has 9 heteroatoms. The maximum absolute atomic E-state index is 13.1. The fourth-order valence-electron chi connectivity index (χ4n) is 2.27. The molecular formula is C14H19FN2O5S. The van der Waals surface area contributed by atoms with Gasteiger partial charge in [-0.3, -0.25) is 4.79 Å². The fourth-order valence-corrected chi connectivity index (χ4v) is 2.65. The van der Waals surface area contributed by atoms with Gasteiger partial charge in [0.05, 0.1) is 19.3 Å². The maximum Gasteiger partial charge on any atom is 0.237 e. The summed E-state index contributed by atoms with van der Waals surface area (Å²) in [5, 5.41) is 10.4. The molecule has 23 heavy (non-hydrogen) atoms. The molecule has 0 spiro atoms. The van der Waals surface area contributed by atoms with Crippen LogP contribution in [0.25, 0.3) is 0 Å². The van der Waals surface area contributed by atoms with Gasteiger partial charge < -0.3 is 14.7 Å². The quantitative estimate of drug-likeness (QED) is 0.738. The third-order valence-corrected chi connectivity index (χ3v) is 4.14. The number of sulfonamides is 1. The van der Waals surface area contributed by atoms with Gasteiger partial charge in [-0.1, -0.05) is 6.07 Å². The monoisotopic (exact) mass is 346 g/mol. The van der Waals surface area contributed by atoms with Crippen LogP contribution in [-0.4, -0.2) is 62.4 Å². The number of rotatable bonds is 6. The van der Waals surface area contributed by atoms with Crippen molar-refractivity contribution in [2.75, 3.05) is 32.5 Å². The second-order valence-electron chi connectivity index (χ2n) is 5.63. The molecule has 7 nitrogen and oxygen atoms in total. The normalized spacial score (nSPS) is 21.4. The molecule has 1 aliphatic rings. The third kappa shape index (κ3) is 5.45. The first kappa shape index (κ1) is 17.6. The number of ether oxygens (including phenoxy) is 1. The summed E-state index contributed by atoms with van der Waals surface area (Å²) in [5.41, 5.74) is -1.24. The number of β-amino-alcohol motifs (C(OH)–C–C–N with tert-alkyl or cyclic N) is 1. The van der Waals surface area contributed by atoms with Gasteiger partial charge in [0.2, 0.25) is 15.9 Å². The van der Waals surface area contributed by atoms with E-state index in [4.69, 9.17) is 4.74 Å². The van der Waals surface area contributed by atoms with Gasteiger partial charge in [0, 0.05) is 12.6 Å². The van der Waals surface area contributed by atoms with Crippen LogP contribution in [0.5, 0.6) is 5.75 Å². The topological polar surface area (TPSA) is 95.9 Å². The van der Waals surface area contributed by atoms with Crippen molar-refractivity contribution in [3.05, 3.63) is 30.1 Å². The van der Waals surface area contributed by atoms with Gasteiger partial charge in [-0.05, 0) is 18.6 Å². The van der Waals surface area contributed by atoms with Gasteiger partial charge in [-0.2, -0.15) is 0 Å². The number of hydrogen-bond acceptors (Lipinski definition) is 5. The lowest BCUT2D eigenvalue weighted by atomic mass is 10.1. The molecule has 0 bridgehead atoms. The minimum Gasteiger partial charge on any atom is -0.490 e. The summed E-state index contributed by atoms with van der Waals surface area (Å²) in [7, 11) is -3.45. The Morgan fingerprint density at radius 2 is 2.26 bits per heavy atom. The molecule has 0 saturated carbocycles. The van der Waals surface area contributed by atoms with Crippen LogP contribution in [0.3, 0.4) is 0 Å². The van der Waals surface area contributed by atoms with E-state index in [-0.39, 0.29) is 19.7 Å². The number of aliphatic hydroxyl groups is 1. The van der Waals surface area contributed by atoms with Crippen LogP contribution in [0, 0.1) is 5.82 Å². The summed E-state index contributed by atoms with van der Waals surface area (Å²) >= 11 is 0. The summed E-state index contributed by atoms with van der Waals surface area (Å²) in [6, 6.07) is 5.56. The Morgan fingerprint density at radius 3 is 2.91 bits per heavy atom. The number of benzene rings is 1. The number of halogens is 1. The minimum atomic E-state index is -3.45. The number of likely N-dealkylation sites (tertiary alicyclic amines) is 1. The lowest BCUT2D eigenvalue weighted by molar-refractivity contribution is -0.130. The SMILES string of the molecule is CS(=O)(=O)NCC(=O)N1CCC(O)(COc2cccc(F)c2)C1. The van der Waals surface area contributed by atoms with Crippen molar-refractivity contribution >= 4 is 15.9 Å². The molecule has 0 radical (unpaired) electrons. The van der Waals surface area contributed by atoms with Gasteiger partial charge in [0.25, 0.3) is 0 Å². The number of amides is 1. The average molecular weight is 346 g/mol. The Morgan fingerprint density at radius 1 is 1.52 bits per heavy atom. The van der Waals surface area contributed by atoms with Crippen molar-refractivity contribution in [2.45, 2.75) is 12.0 Å². The van der Waals surface area contributed by atoms with E-state index in [9.17, 15) is 22.7 Å². The Bertz CT molecular complexity index is 682. The summed E-state index contributed by atoms with van der Waals surface area (Å²) in [4.78, 5) is 13.3. The molecule has 1 atom stereocenters. The predicted molar refractivity (Wildman–Crippen MR) is 80.9 cm³/mol. The minimum absolute atomic E-state index is 0.0343. The second-order valence-corrected chi connectivity index (χ2v) is 7.46. The van der Waals surface area contributed by atoms with Crippen LogP contribution in [0.1, 0.15) is 6.42 Å². The molecule has 128 valence electrons. The smallest absolute Gasteiger partial charge is 0.237 e. The molecule has 1 fully saturated rings. The summed E-state index contributed by atoms with van der Waals surface area (Å²) < 4.78 is 42.5. The largest absolute Gasteiger partial charge is 0.490 e. The number of nitrogens with zero attached hydrogens (tertiary/aromatic N) is 1. The summed E-state index contributed by atoms with van der Waals surface area (Å²) in [5.74, 6) is -0.566. The van der Waals surface area contributed by atoms with Gasteiger partial charge in [0.1, 0.15) is 23.8 Å². The van der Waals surface area contributed by atoms with Crippen molar-refractivity contribution in [3.63, 3.8) is 0 Å². The van der Waals surface area contributed by atoms with Gasteiger partial charge in [-0.15, -0.1) is 0 Å². The standard InChI is InChI=1S/C14H19FN2O5S/c1-23(20,21)16-8-13(18)17-6-5-14(19,9-17)10-22-12-4-2-3-11(15)7-12/h2-4,7,16,19H,5-6,8-10H2,1H3. The molecule has 0 aromatic heterocycles. The number of nitrogens with one attached hydrogen (secondary N) is 1. The molecule has 0 aliphatic carbocycles. The van der Waals surface area contributed by atoms with E-state index in [0.29, 0.717) is 18.7 Å². The van der Waals surface area contributed by atoms with E-state index >= 15 is 0 Å². The van der Waals surface area contributed by atoms with Crippen molar-refractivity contribution in [1.82, 2.24) is 9.62 Å². The molecule has 1 heterocycles. The van der Waals surface area contributed by atoms with Crippen molar-refractivity contribution < 1.29 is 27.4 Å². The molecule has 2 rings (SSSR count). The first-order valence-corrected chi connectivity index (χ1v) is 8.89. The van der Waals surface area contributed by atoms with Gasteiger partial charge in [-0.25, -0.2) is 17.5 Å². The Kier molecular flexibility index (Phi) is 5.23. The average Bonchev–Trinajstić information content (AvgIpc) is 2.85. The van der Waals surface area contributed by atoms with Crippen LogP contribution in [-0.2, 0) is 14.8 Å².